The van der Waals surface area contributed by atoms with Gasteiger partial charge in [0.2, 0.25) is 5.88 Å². The molecule has 27 heavy (non-hydrogen) atoms. The van der Waals surface area contributed by atoms with E-state index in [1.807, 2.05) is 55.6 Å². The van der Waals surface area contributed by atoms with Crippen LogP contribution < -0.4 is 14.8 Å². The fourth-order valence-electron chi connectivity index (χ4n) is 2.51. The number of carbonyl (C=O) groups is 1. The number of aryl methyl sites for hydroxylation is 2. The molecule has 2 aromatic heterocycles. The van der Waals surface area contributed by atoms with Crippen molar-refractivity contribution in [1.82, 2.24) is 15.5 Å². The molecular formula is C20H21N3O3S. The second-order valence-electron chi connectivity index (χ2n) is 5.94. The van der Waals surface area contributed by atoms with Crippen molar-refractivity contribution in [3.63, 3.8) is 0 Å². The highest BCUT2D eigenvalue weighted by Gasteiger charge is 2.07. The molecule has 3 aromatic rings. The smallest absolute Gasteiger partial charge is 0.258 e. The number of aromatic nitrogens is 2. The Morgan fingerprint density at radius 2 is 1.85 bits per heavy atom. The van der Waals surface area contributed by atoms with Crippen molar-refractivity contribution in [2.24, 2.45) is 0 Å². The summed E-state index contributed by atoms with van der Waals surface area (Å²) in [6.45, 7) is 4.56. The summed E-state index contributed by atoms with van der Waals surface area (Å²) in [4.78, 5) is 13.0. The number of para-hydroxylation sites is 1. The van der Waals surface area contributed by atoms with Gasteiger partial charge in [0, 0.05) is 6.07 Å². The maximum atomic E-state index is 11.9. The Kier molecular flexibility index (Phi) is 6.38. The molecule has 0 saturated carbocycles. The van der Waals surface area contributed by atoms with Crippen LogP contribution in [0.4, 0.5) is 0 Å². The maximum absolute atomic E-state index is 11.9. The van der Waals surface area contributed by atoms with Crippen molar-refractivity contribution in [3.05, 3.63) is 59.0 Å². The lowest BCUT2D eigenvalue weighted by Gasteiger charge is -2.12. The van der Waals surface area contributed by atoms with Crippen molar-refractivity contribution in [3.8, 4) is 22.2 Å². The third kappa shape index (κ3) is 5.27. The van der Waals surface area contributed by atoms with Crippen LogP contribution in [0, 0.1) is 13.8 Å². The molecule has 140 valence electrons. The van der Waals surface area contributed by atoms with Gasteiger partial charge in [-0.15, -0.1) is 21.5 Å². The highest BCUT2D eigenvalue weighted by molar-refractivity contribution is 7.13. The first-order valence-electron chi connectivity index (χ1n) is 8.59. The molecule has 0 aliphatic carbocycles. The lowest BCUT2D eigenvalue weighted by Crippen LogP contribution is -2.32. The van der Waals surface area contributed by atoms with Gasteiger partial charge in [0.1, 0.15) is 18.1 Å². The van der Waals surface area contributed by atoms with E-state index in [-0.39, 0.29) is 12.5 Å². The van der Waals surface area contributed by atoms with E-state index < -0.39 is 0 Å². The van der Waals surface area contributed by atoms with Gasteiger partial charge in [-0.3, -0.25) is 4.79 Å². The minimum absolute atomic E-state index is 0.0268. The summed E-state index contributed by atoms with van der Waals surface area (Å²) in [5.41, 5.74) is 2.83. The first kappa shape index (κ1) is 18.8. The zero-order valence-electron chi connectivity index (χ0n) is 15.3. The van der Waals surface area contributed by atoms with Gasteiger partial charge in [-0.25, -0.2) is 0 Å². The summed E-state index contributed by atoms with van der Waals surface area (Å²) in [5.74, 6) is 0.988. The second kappa shape index (κ2) is 9.14. The Bertz CT molecular complexity index is 860. The van der Waals surface area contributed by atoms with Gasteiger partial charge in [-0.1, -0.05) is 24.3 Å². The van der Waals surface area contributed by atoms with Crippen LogP contribution in [-0.4, -0.2) is 35.9 Å². The topological polar surface area (TPSA) is 73.3 Å². The van der Waals surface area contributed by atoms with Gasteiger partial charge in [0.15, 0.2) is 6.61 Å². The first-order valence-corrected chi connectivity index (χ1v) is 9.47. The van der Waals surface area contributed by atoms with Gasteiger partial charge >= 0.3 is 0 Å². The molecule has 1 N–H and O–H groups in total. The summed E-state index contributed by atoms with van der Waals surface area (Å²) in [5, 5.41) is 12.9. The third-order valence-corrected chi connectivity index (χ3v) is 4.74. The zero-order valence-corrected chi connectivity index (χ0v) is 16.1. The Labute approximate surface area is 162 Å². The molecule has 0 unspecified atom stereocenters. The summed E-state index contributed by atoms with van der Waals surface area (Å²) >= 11 is 1.61. The second-order valence-corrected chi connectivity index (χ2v) is 6.89. The van der Waals surface area contributed by atoms with E-state index >= 15 is 0 Å². The zero-order chi connectivity index (χ0) is 19.1. The van der Waals surface area contributed by atoms with Gasteiger partial charge in [-0.05, 0) is 42.5 Å². The fourth-order valence-corrected chi connectivity index (χ4v) is 3.20. The van der Waals surface area contributed by atoms with Crippen LogP contribution in [0.2, 0.25) is 0 Å². The van der Waals surface area contributed by atoms with Crippen molar-refractivity contribution in [2.45, 2.75) is 13.8 Å². The number of nitrogens with one attached hydrogen (secondary N) is 1. The predicted octanol–water partition coefficient (Wildman–Crippen LogP) is 3.40. The molecule has 1 aromatic carbocycles. The Balaban J connectivity index is 1.38. The Morgan fingerprint density at radius 1 is 1.04 bits per heavy atom. The number of amides is 1. The predicted molar refractivity (Wildman–Crippen MR) is 105 cm³/mol. The van der Waals surface area contributed by atoms with Crippen LogP contribution in [0.25, 0.3) is 10.6 Å². The van der Waals surface area contributed by atoms with E-state index in [4.69, 9.17) is 9.47 Å². The molecule has 0 atom stereocenters. The van der Waals surface area contributed by atoms with Crippen molar-refractivity contribution < 1.29 is 14.3 Å². The quantitative estimate of drug-likeness (QED) is 0.604. The molecule has 2 heterocycles. The molecule has 1 amide bonds. The van der Waals surface area contributed by atoms with Gasteiger partial charge in [0.25, 0.3) is 5.91 Å². The molecule has 0 saturated heterocycles. The van der Waals surface area contributed by atoms with Crippen LogP contribution in [0.3, 0.4) is 0 Å². The van der Waals surface area contributed by atoms with E-state index in [0.717, 1.165) is 27.4 Å². The highest BCUT2D eigenvalue weighted by Crippen LogP contribution is 2.23. The SMILES string of the molecule is Cc1cccc(C)c1OCC(=O)NCCOc1ccc(-c2cccs2)nn1. The van der Waals surface area contributed by atoms with Crippen LogP contribution in [0.1, 0.15) is 11.1 Å². The molecule has 0 radical (unpaired) electrons. The molecule has 0 aliphatic rings. The number of benzene rings is 1. The lowest BCUT2D eigenvalue weighted by molar-refractivity contribution is -0.123. The number of thiophene rings is 1. The van der Waals surface area contributed by atoms with E-state index in [2.05, 4.69) is 15.5 Å². The number of rotatable bonds is 8. The molecular weight excluding hydrogens is 362 g/mol. The molecule has 0 spiro atoms. The molecule has 0 aliphatic heterocycles. The van der Waals surface area contributed by atoms with Gasteiger partial charge < -0.3 is 14.8 Å². The average molecular weight is 383 g/mol. The van der Waals surface area contributed by atoms with Crippen LogP contribution in [0.15, 0.2) is 47.8 Å². The summed E-state index contributed by atoms with van der Waals surface area (Å²) < 4.78 is 11.1. The number of ether oxygens (including phenoxy) is 2. The van der Waals surface area contributed by atoms with E-state index in [1.54, 1.807) is 17.4 Å². The maximum Gasteiger partial charge on any atom is 0.258 e. The fraction of sp³-hybridized carbons (Fsp3) is 0.250. The van der Waals surface area contributed by atoms with E-state index in [0.29, 0.717) is 19.0 Å². The Hall–Kier alpha value is -2.93. The van der Waals surface area contributed by atoms with E-state index in [1.165, 1.54) is 0 Å². The van der Waals surface area contributed by atoms with E-state index in [9.17, 15) is 4.79 Å². The van der Waals surface area contributed by atoms with Gasteiger partial charge in [-0.2, -0.15) is 0 Å². The van der Waals surface area contributed by atoms with Crippen LogP contribution in [0.5, 0.6) is 11.6 Å². The van der Waals surface area contributed by atoms with Crippen LogP contribution >= 0.6 is 11.3 Å². The first-order chi connectivity index (χ1) is 13.1. The van der Waals surface area contributed by atoms with Crippen molar-refractivity contribution >= 4 is 17.2 Å². The minimum atomic E-state index is -0.194. The largest absolute Gasteiger partial charge is 0.483 e. The lowest BCUT2D eigenvalue weighted by atomic mass is 10.1. The van der Waals surface area contributed by atoms with Gasteiger partial charge in [0.05, 0.1) is 11.4 Å². The third-order valence-electron chi connectivity index (χ3n) is 3.84. The average Bonchev–Trinajstić information content (AvgIpc) is 3.20. The number of hydrogen-bond acceptors (Lipinski definition) is 6. The molecule has 6 nitrogen and oxygen atoms in total. The highest BCUT2D eigenvalue weighted by atomic mass is 32.1. The molecule has 7 heteroatoms. The standard InChI is InChI=1S/C20H21N3O3S/c1-14-5-3-6-15(2)20(14)26-13-18(24)21-10-11-25-19-9-8-16(22-23-19)17-7-4-12-27-17/h3-9,12H,10-11,13H2,1-2H3,(H,21,24). The number of carbonyl (C=O) groups excluding carboxylic acids is 1. The number of nitrogens with zero attached hydrogens (tertiary/aromatic N) is 2. The molecule has 0 fully saturated rings. The minimum Gasteiger partial charge on any atom is -0.483 e. The van der Waals surface area contributed by atoms with Crippen molar-refractivity contribution in [1.29, 1.82) is 0 Å². The van der Waals surface area contributed by atoms with Crippen LogP contribution in [-0.2, 0) is 4.79 Å². The summed E-state index contributed by atoms with van der Waals surface area (Å²) in [6.07, 6.45) is 0. The summed E-state index contributed by atoms with van der Waals surface area (Å²) in [7, 11) is 0. The monoisotopic (exact) mass is 383 g/mol. The molecule has 0 bridgehead atoms. The summed E-state index contributed by atoms with van der Waals surface area (Å²) in [6, 6.07) is 13.5. The Morgan fingerprint density at radius 3 is 2.52 bits per heavy atom. The van der Waals surface area contributed by atoms with Crippen molar-refractivity contribution in [2.75, 3.05) is 19.8 Å². The molecule has 3 rings (SSSR count). The normalized spacial score (nSPS) is 10.4. The number of hydrogen-bond donors (Lipinski definition) is 1.